The van der Waals surface area contributed by atoms with Crippen LogP contribution in [0, 0.1) is 0 Å². The molecule has 1 N–H and O–H groups in total. The van der Waals surface area contributed by atoms with Crippen molar-refractivity contribution >= 4 is 21.7 Å². The lowest BCUT2D eigenvalue weighted by Crippen LogP contribution is -2.40. The van der Waals surface area contributed by atoms with Crippen molar-refractivity contribution in [3.05, 3.63) is 16.5 Å². The zero-order chi connectivity index (χ0) is 12.1. The summed E-state index contributed by atoms with van der Waals surface area (Å²) in [5, 5.41) is 2.12. The van der Waals surface area contributed by atoms with Gasteiger partial charge in [0.1, 0.15) is 16.2 Å². The minimum atomic E-state index is 0.765. The number of ether oxygens (including phenoxy) is 1. The van der Waals surface area contributed by atoms with E-state index in [9.17, 15) is 0 Å². The van der Waals surface area contributed by atoms with Gasteiger partial charge in [0.05, 0.1) is 13.2 Å². The quantitative estimate of drug-likeness (QED) is 0.860. The van der Waals surface area contributed by atoms with Crippen LogP contribution >= 0.6 is 15.9 Å². The molecule has 0 aliphatic carbocycles. The third-order valence-electron chi connectivity index (χ3n) is 2.50. The molecule has 2 rings (SSSR count). The van der Waals surface area contributed by atoms with Crippen LogP contribution in [-0.4, -0.2) is 41.3 Å². The van der Waals surface area contributed by atoms with E-state index in [4.69, 9.17) is 4.74 Å². The number of aryl methyl sites for hydroxylation is 1. The molecule has 1 fully saturated rings. The fourth-order valence-electron chi connectivity index (χ4n) is 1.69. The van der Waals surface area contributed by atoms with E-state index >= 15 is 0 Å². The van der Waals surface area contributed by atoms with E-state index in [2.05, 4.69) is 43.3 Å². The second kappa shape index (κ2) is 6.28. The standard InChI is InChI=1S/C11H17BrN4O/c1-2-3-10-13-9(12)8-11(14-10)15-16-4-6-17-7-5-16/h8H,2-7H2,1H3,(H,13,14,15). The number of hydrazine groups is 1. The van der Waals surface area contributed by atoms with Crippen LogP contribution in [0.4, 0.5) is 5.82 Å². The first-order valence-corrected chi connectivity index (χ1v) is 6.70. The lowest BCUT2D eigenvalue weighted by atomic mass is 10.3. The van der Waals surface area contributed by atoms with Gasteiger partial charge >= 0.3 is 0 Å². The van der Waals surface area contributed by atoms with Crippen LogP contribution in [0.5, 0.6) is 0 Å². The summed E-state index contributed by atoms with van der Waals surface area (Å²) in [6.07, 6.45) is 1.95. The van der Waals surface area contributed by atoms with E-state index in [0.29, 0.717) is 0 Å². The highest BCUT2D eigenvalue weighted by Crippen LogP contribution is 2.14. The Labute approximate surface area is 110 Å². The number of hydrogen-bond acceptors (Lipinski definition) is 5. The van der Waals surface area contributed by atoms with Crippen LogP contribution in [0.15, 0.2) is 10.7 Å². The predicted octanol–water partition coefficient (Wildman–Crippen LogP) is 1.85. The van der Waals surface area contributed by atoms with Crippen molar-refractivity contribution in [3.8, 4) is 0 Å². The van der Waals surface area contributed by atoms with Crippen molar-refractivity contribution in [2.75, 3.05) is 31.7 Å². The number of aromatic nitrogens is 2. The van der Waals surface area contributed by atoms with Crippen molar-refractivity contribution in [1.29, 1.82) is 0 Å². The molecule has 0 unspecified atom stereocenters. The molecule has 1 aliphatic heterocycles. The molecular formula is C11H17BrN4O. The van der Waals surface area contributed by atoms with Crippen molar-refractivity contribution in [1.82, 2.24) is 15.0 Å². The summed E-state index contributed by atoms with van der Waals surface area (Å²) in [6, 6.07) is 1.90. The maximum Gasteiger partial charge on any atom is 0.145 e. The molecule has 1 aliphatic rings. The van der Waals surface area contributed by atoms with Gasteiger partial charge in [-0.3, -0.25) is 0 Å². The number of nitrogens with zero attached hydrogens (tertiary/aromatic N) is 3. The lowest BCUT2D eigenvalue weighted by molar-refractivity contribution is 0.0494. The zero-order valence-electron chi connectivity index (χ0n) is 9.95. The smallest absolute Gasteiger partial charge is 0.145 e. The summed E-state index contributed by atoms with van der Waals surface area (Å²) < 4.78 is 6.13. The molecule has 17 heavy (non-hydrogen) atoms. The summed E-state index contributed by atoms with van der Waals surface area (Å²) in [6.45, 7) is 5.41. The van der Waals surface area contributed by atoms with Crippen LogP contribution in [0.1, 0.15) is 19.2 Å². The Bertz CT molecular complexity index is 368. The second-order valence-electron chi connectivity index (χ2n) is 3.95. The van der Waals surface area contributed by atoms with E-state index in [1.54, 1.807) is 0 Å². The van der Waals surface area contributed by atoms with Crippen molar-refractivity contribution in [3.63, 3.8) is 0 Å². The third kappa shape index (κ3) is 3.90. The van der Waals surface area contributed by atoms with Gasteiger partial charge in [-0.2, -0.15) is 0 Å². The van der Waals surface area contributed by atoms with Crippen molar-refractivity contribution in [2.24, 2.45) is 0 Å². The van der Waals surface area contributed by atoms with Gasteiger partial charge in [-0.15, -0.1) is 0 Å². The van der Waals surface area contributed by atoms with Crippen LogP contribution < -0.4 is 5.43 Å². The molecule has 94 valence electrons. The molecule has 2 heterocycles. The molecule has 0 spiro atoms. The van der Waals surface area contributed by atoms with Gasteiger partial charge < -0.3 is 10.2 Å². The van der Waals surface area contributed by atoms with Crippen LogP contribution in [0.25, 0.3) is 0 Å². The highest BCUT2D eigenvalue weighted by Gasteiger charge is 2.11. The summed E-state index contributed by atoms with van der Waals surface area (Å²) in [7, 11) is 0. The first-order valence-electron chi connectivity index (χ1n) is 5.90. The average Bonchev–Trinajstić information content (AvgIpc) is 2.30. The Hall–Kier alpha value is -0.720. The Morgan fingerprint density at radius 2 is 2.18 bits per heavy atom. The van der Waals surface area contributed by atoms with E-state index in [1.165, 1.54) is 0 Å². The number of nitrogens with one attached hydrogen (secondary N) is 1. The topological polar surface area (TPSA) is 50.3 Å². The fourth-order valence-corrected chi connectivity index (χ4v) is 2.12. The SMILES string of the molecule is CCCc1nc(Br)cc(NN2CCOCC2)n1. The van der Waals surface area contributed by atoms with Crippen LogP contribution in [-0.2, 0) is 11.2 Å². The molecule has 0 aromatic carbocycles. The Kier molecular flexibility index (Phi) is 4.70. The van der Waals surface area contributed by atoms with E-state index in [0.717, 1.165) is 55.4 Å². The zero-order valence-corrected chi connectivity index (χ0v) is 11.5. The molecule has 0 atom stereocenters. The van der Waals surface area contributed by atoms with Gasteiger partial charge in [0.25, 0.3) is 0 Å². The lowest BCUT2D eigenvalue weighted by Gasteiger charge is -2.27. The largest absolute Gasteiger partial charge is 0.379 e. The molecule has 0 radical (unpaired) electrons. The molecule has 6 heteroatoms. The van der Waals surface area contributed by atoms with Gasteiger partial charge in [0.15, 0.2) is 0 Å². The Balaban J connectivity index is 2.03. The Morgan fingerprint density at radius 1 is 1.41 bits per heavy atom. The monoisotopic (exact) mass is 300 g/mol. The molecular weight excluding hydrogens is 284 g/mol. The maximum atomic E-state index is 5.30. The van der Waals surface area contributed by atoms with E-state index < -0.39 is 0 Å². The molecule has 1 aromatic heterocycles. The van der Waals surface area contributed by atoms with Gasteiger partial charge in [0.2, 0.25) is 0 Å². The molecule has 0 saturated carbocycles. The number of halogens is 1. The average molecular weight is 301 g/mol. The molecule has 0 bridgehead atoms. The number of rotatable bonds is 4. The van der Waals surface area contributed by atoms with Gasteiger partial charge in [-0.25, -0.2) is 15.0 Å². The maximum absolute atomic E-state index is 5.30. The minimum Gasteiger partial charge on any atom is -0.379 e. The second-order valence-corrected chi connectivity index (χ2v) is 4.77. The molecule has 5 nitrogen and oxygen atoms in total. The highest BCUT2D eigenvalue weighted by atomic mass is 79.9. The van der Waals surface area contributed by atoms with E-state index in [-0.39, 0.29) is 0 Å². The normalized spacial score (nSPS) is 17.1. The summed E-state index contributed by atoms with van der Waals surface area (Å²) >= 11 is 3.41. The van der Waals surface area contributed by atoms with Gasteiger partial charge in [-0.05, 0) is 22.4 Å². The molecule has 0 amide bonds. The molecule has 1 saturated heterocycles. The minimum absolute atomic E-state index is 0.765. The van der Waals surface area contributed by atoms with Crippen molar-refractivity contribution < 1.29 is 4.74 Å². The summed E-state index contributed by atoms with van der Waals surface area (Å²) in [5.74, 6) is 1.72. The number of anilines is 1. The first kappa shape index (κ1) is 12.7. The van der Waals surface area contributed by atoms with Crippen molar-refractivity contribution in [2.45, 2.75) is 19.8 Å². The first-order chi connectivity index (χ1) is 8.28. The summed E-state index contributed by atoms with van der Waals surface area (Å²) in [5.41, 5.74) is 3.29. The van der Waals surface area contributed by atoms with Gasteiger partial charge in [0, 0.05) is 25.6 Å². The third-order valence-corrected chi connectivity index (χ3v) is 2.90. The number of hydrogen-bond donors (Lipinski definition) is 1. The highest BCUT2D eigenvalue weighted by molar-refractivity contribution is 9.10. The molecule has 1 aromatic rings. The number of morpholine rings is 1. The Morgan fingerprint density at radius 3 is 2.88 bits per heavy atom. The van der Waals surface area contributed by atoms with E-state index in [1.807, 2.05) is 6.07 Å². The predicted molar refractivity (Wildman–Crippen MR) is 69.7 cm³/mol. The van der Waals surface area contributed by atoms with Crippen LogP contribution in [0.3, 0.4) is 0 Å². The summed E-state index contributed by atoms with van der Waals surface area (Å²) in [4.78, 5) is 8.82. The fraction of sp³-hybridized carbons (Fsp3) is 0.636. The van der Waals surface area contributed by atoms with Gasteiger partial charge in [-0.1, -0.05) is 6.92 Å². The van der Waals surface area contributed by atoms with Crippen LogP contribution in [0.2, 0.25) is 0 Å².